The van der Waals surface area contributed by atoms with Crippen molar-refractivity contribution in [2.24, 2.45) is 0 Å². The van der Waals surface area contributed by atoms with Crippen LogP contribution in [0.1, 0.15) is 39.0 Å². The normalized spacial score (nSPS) is 23.2. The Bertz CT molecular complexity index is 315. The molecule has 0 aromatic rings. The second-order valence-electron chi connectivity index (χ2n) is 5.13. The second-order valence-corrected chi connectivity index (χ2v) is 5.13. The predicted molar refractivity (Wildman–Crippen MR) is 69.1 cm³/mol. The van der Waals surface area contributed by atoms with Crippen LogP contribution in [-0.4, -0.2) is 48.4 Å². The van der Waals surface area contributed by atoms with Gasteiger partial charge < -0.3 is 15.5 Å². The number of hydrogen-bond donors (Lipinski definition) is 2. The number of nitrogens with zero attached hydrogens (tertiary/aromatic N) is 1. The smallest absolute Gasteiger partial charge is 0.243 e. The van der Waals surface area contributed by atoms with Gasteiger partial charge in [0.2, 0.25) is 11.8 Å². The van der Waals surface area contributed by atoms with Gasteiger partial charge in [0.1, 0.15) is 6.04 Å². The third kappa shape index (κ3) is 3.45. The van der Waals surface area contributed by atoms with Crippen LogP contribution < -0.4 is 10.6 Å². The van der Waals surface area contributed by atoms with Gasteiger partial charge in [-0.15, -0.1) is 0 Å². The fourth-order valence-corrected chi connectivity index (χ4v) is 2.38. The molecule has 0 aromatic heterocycles. The summed E-state index contributed by atoms with van der Waals surface area (Å²) < 4.78 is 0. The molecule has 0 bridgehead atoms. The van der Waals surface area contributed by atoms with Crippen molar-refractivity contribution in [3.05, 3.63) is 0 Å². The van der Waals surface area contributed by atoms with E-state index in [4.69, 9.17) is 0 Å². The molecule has 0 radical (unpaired) electrons. The molecule has 1 saturated carbocycles. The van der Waals surface area contributed by atoms with Crippen molar-refractivity contribution in [2.75, 3.05) is 19.6 Å². The Labute approximate surface area is 108 Å². The molecule has 1 unspecified atom stereocenters. The Kier molecular flexibility index (Phi) is 4.58. The Balaban J connectivity index is 1.81. The van der Waals surface area contributed by atoms with Crippen molar-refractivity contribution in [3.8, 4) is 0 Å². The average Bonchev–Trinajstić information content (AvgIpc) is 3.02. The SMILES string of the molecule is CCNCCC(=O)N1CCCC1C(=O)NC1CC1. The average molecular weight is 253 g/mol. The molecule has 2 amide bonds. The molecule has 2 fully saturated rings. The first-order valence-electron chi connectivity index (χ1n) is 7.03. The Morgan fingerprint density at radius 1 is 1.28 bits per heavy atom. The summed E-state index contributed by atoms with van der Waals surface area (Å²) in [4.78, 5) is 25.8. The number of nitrogens with one attached hydrogen (secondary N) is 2. The minimum Gasteiger partial charge on any atom is -0.352 e. The van der Waals surface area contributed by atoms with E-state index < -0.39 is 0 Å². The third-order valence-electron chi connectivity index (χ3n) is 3.57. The maximum Gasteiger partial charge on any atom is 0.243 e. The minimum absolute atomic E-state index is 0.0480. The Hall–Kier alpha value is -1.10. The molecular formula is C13H23N3O2. The second kappa shape index (κ2) is 6.18. The van der Waals surface area contributed by atoms with E-state index in [1.165, 1.54) is 0 Å². The van der Waals surface area contributed by atoms with Gasteiger partial charge in [0.15, 0.2) is 0 Å². The number of hydrogen-bond acceptors (Lipinski definition) is 3. The van der Waals surface area contributed by atoms with E-state index in [0.29, 0.717) is 19.0 Å². The van der Waals surface area contributed by atoms with Crippen molar-refractivity contribution in [1.82, 2.24) is 15.5 Å². The van der Waals surface area contributed by atoms with Gasteiger partial charge in [-0.2, -0.15) is 0 Å². The third-order valence-corrected chi connectivity index (χ3v) is 3.57. The van der Waals surface area contributed by atoms with E-state index >= 15 is 0 Å². The van der Waals surface area contributed by atoms with E-state index in [1.807, 2.05) is 6.92 Å². The topological polar surface area (TPSA) is 61.4 Å². The molecule has 1 aliphatic carbocycles. The monoisotopic (exact) mass is 253 g/mol. The molecule has 5 heteroatoms. The van der Waals surface area contributed by atoms with Crippen molar-refractivity contribution in [1.29, 1.82) is 0 Å². The summed E-state index contributed by atoms with van der Waals surface area (Å²) in [7, 11) is 0. The summed E-state index contributed by atoms with van der Waals surface area (Å²) in [5.41, 5.74) is 0. The van der Waals surface area contributed by atoms with Gasteiger partial charge in [-0.05, 0) is 32.2 Å². The molecule has 1 heterocycles. The van der Waals surface area contributed by atoms with E-state index in [0.717, 1.165) is 38.8 Å². The van der Waals surface area contributed by atoms with Crippen molar-refractivity contribution in [2.45, 2.75) is 51.1 Å². The first-order valence-corrected chi connectivity index (χ1v) is 7.03. The van der Waals surface area contributed by atoms with E-state index in [2.05, 4.69) is 10.6 Å². The molecule has 1 atom stereocenters. The molecular weight excluding hydrogens is 230 g/mol. The maximum atomic E-state index is 12.0. The molecule has 18 heavy (non-hydrogen) atoms. The van der Waals surface area contributed by atoms with Crippen LogP contribution in [0.3, 0.4) is 0 Å². The van der Waals surface area contributed by atoms with Crippen molar-refractivity contribution in [3.63, 3.8) is 0 Å². The molecule has 0 aromatic carbocycles. The van der Waals surface area contributed by atoms with Crippen LogP contribution in [0.15, 0.2) is 0 Å². The highest BCUT2D eigenvalue weighted by molar-refractivity contribution is 5.88. The molecule has 2 N–H and O–H groups in total. The van der Waals surface area contributed by atoms with E-state index in [1.54, 1.807) is 4.90 Å². The Morgan fingerprint density at radius 2 is 2.06 bits per heavy atom. The fraction of sp³-hybridized carbons (Fsp3) is 0.846. The van der Waals surface area contributed by atoms with E-state index in [-0.39, 0.29) is 17.9 Å². The fourth-order valence-electron chi connectivity index (χ4n) is 2.38. The number of carbonyl (C=O) groups excluding carboxylic acids is 2. The summed E-state index contributed by atoms with van der Waals surface area (Å²) in [5.74, 6) is 0.149. The lowest BCUT2D eigenvalue weighted by Gasteiger charge is -2.24. The highest BCUT2D eigenvalue weighted by Crippen LogP contribution is 2.22. The van der Waals surface area contributed by atoms with Crippen LogP contribution in [0.25, 0.3) is 0 Å². The van der Waals surface area contributed by atoms with Crippen LogP contribution in [0, 0.1) is 0 Å². The summed E-state index contributed by atoms with van der Waals surface area (Å²) in [6, 6.07) is 0.150. The van der Waals surface area contributed by atoms with Gasteiger partial charge in [0, 0.05) is 25.6 Å². The first-order chi connectivity index (χ1) is 8.72. The quantitative estimate of drug-likeness (QED) is 0.667. The summed E-state index contributed by atoms with van der Waals surface area (Å²) in [5, 5.41) is 6.14. The zero-order chi connectivity index (χ0) is 13.0. The standard InChI is InChI=1S/C13H23N3O2/c1-2-14-8-7-12(17)16-9-3-4-11(16)13(18)15-10-5-6-10/h10-11,14H,2-9H2,1H3,(H,15,18). The van der Waals surface area contributed by atoms with Crippen molar-refractivity contribution >= 4 is 11.8 Å². The van der Waals surface area contributed by atoms with Crippen LogP contribution in [0.4, 0.5) is 0 Å². The summed E-state index contributed by atoms with van der Waals surface area (Å²) >= 11 is 0. The molecule has 5 nitrogen and oxygen atoms in total. The number of likely N-dealkylation sites (tertiary alicyclic amines) is 1. The molecule has 0 spiro atoms. The summed E-state index contributed by atoms with van der Waals surface area (Å²) in [6.07, 6.45) is 4.42. The number of amides is 2. The number of rotatable bonds is 6. The zero-order valence-electron chi connectivity index (χ0n) is 11.1. The van der Waals surface area contributed by atoms with Crippen LogP contribution in [0.2, 0.25) is 0 Å². The maximum absolute atomic E-state index is 12.0. The highest BCUT2D eigenvalue weighted by Gasteiger charge is 2.35. The van der Waals surface area contributed by atoms with Crippen LogP contribution in [-0.2, 0) is 9.59 Å². The molecule has 1 aliphatic heterocycles. The van der Waals surface area contributed by atoms with Gasteiger partial charge in [-0.1, -0.05) is 6.92 Å². The lowest BCUT2D eigenvalue weighted by molar-refractivity contribution is -0.138. The largest absolute Gasteiger partial charge is 0.352 e. The zero-order valence-corrected chi connectivity index (χ0v) is 11.1. The first kappa shape index (κ1) is 13.3. The lowest BCUT2D eigenvalue weighted by Crippen LogP contribution is -2.47. The van der Waals surface area contributed by atoms with Crippen LogP contribution >= 0.6 is 0 Å². The highest BCUT2D eigenvalue weighted by atomic mass is 16.2. The number of carbonyl (C=O) groups is 2. The van der Waals surface area contributed by atoms with Gasteiger partial charge in [0.25, 0.3) is 0 Å². The molecule has 2 rings (SSSR count). The Morgan fingerprint density at radius 3 is 2.72 bits per heavy atom. The van der Waals surface area contributed by atoms with Gasteiger partial charge in [0.05, 0.1) is 0 Å². The minimum atomic E-state index is -0.222. The van der Waals surface area contributed by atoms with Crippen LogP contribution in [0.5, 0.6) is 0 Å². The van der Waals surface area contributed by atoms with E-state index in [9.17, 15) is 9.59 Å². The lowest BCUT2D eigenvalue weighted by atomic mass is 10.2. The van der Waals surface area contributed by atoms with Gasteiger partial charge >= 0.3 is 0 Å². The van der Waals surface area contributed by atoms with Crippen molar-refractivity contribution < 1.29 is 9.59 Å². The molecule has 2 aliphatic rings. The van der Waals surface area contributed by atoms with Gasteiger partial charge in [-0.3, -0.25) is 9.59 Å². The molecule has 1 saturated heterocycles. The van der Waals surface area contributed by atoms with Gasteiger partial charge in [-0.25, -0.2) is 0 Å². The summed E-state index contributed by atoms with van der Waals surface area (Å²) in [6.45, 7) is 4.32. The predicted octanol–water partition coefficient (Wildman–Crippen LogP) is 0.256. The molecule has 102 valence electrons.